The summed E-state index contributed by atoms with van der Waals surface area (Å²) in [6, 6.07) is 13.5. The smallest absolute Gasteiger partial charge is 0.241 e. The molecule has 1 fully saturated rings. The average molecular weight is 427 g/mol. The lowest BCUT2D eigenvalue weighted by Gasteiger charge is -2.39. The third-order valence-electron chi connectivity index (χ3n) is 5.58. The molecule has 4 rings (SSSR count). The van der Waals surface area contributed by atoms with Gasteiger partial charge in [0.05, 0.1) is 11.6 Å². The van der Waals surface area contributed by atoms with Gasteiger partial charge in [-0.2, -0.15) is 0 Å². The van der Waals surface area contributed by atoms with Gasteiger partial charge >= 0.3 is 0 Å². The molecule has 1 aliphatic heterocycles. The zero-order chi connectivity index (χ0) is 21.1. The molecule has 156 valence electrons. The second-order valence-corrected chi connectivity index (χ2v) is 7.87. The Morgan fingerprint density at radius 1 is 1.13 bits per heavy atom. The lowest BCUT2D eigenvalue weighted by atomic mass is 10.1. The van der Waals surface area contributed by atoms with Gasteiger partial charge in [-0.1, -0.05) is 18.5 Å². The molecule has 2 aromatic carbocycles. The number of halogens is 2. The van der Waals surface area contributed by atoms with Crippen LogP contribution in [-0.4, -0.2) is 48.0 Å². The molecule has 5 nitrogen and oxygen atoms in total. The molecule has 0 saturated carbocycles. The van der Waals surface area contributed by atoms with Crippen molar-refractivity contribution in [3.63, 3.8) is 0 Å². The fraction of sp³-hybridized carbons (Fsp3) is 0.304. The van der Waals surface area contributed by atoms with E-state index in [1.54, 1.807) is 42.6 Å². The van der Waals surface area contributed by atoms with E-state index in [2.05, 4.69) is 20.1 Å². The van der Waals surface area contributed by atoms with Crippen LogP contribution in [0, 0.1) is 5.82 Å². The molecule has 2 heterocycles. The Bertz CT molecular complexity index is 1040. The molecule has 1 amide bonds. The molecular weight excluding hydrogens is 403 g/mol. The summed E-state index contributed by atoms with van der Waals surface area (Å²) in [5.41, 5.74) is 2.51. The lowest BCUT2D eigenvalue weighted by Crippen LogP contribution is -2.53. The van der Waals surface area contributed by atoms with Crippen molar-refractivity contribution in [2.24, 2.45) is 0 Å². The normalized spacial score (nSPS) is 15.9. The lowest BCUT2D eigenvalue weighted by molar-refractivity contribution is -0.121. The van der Waals surface area contributed by atoms with Gasteiger partial charge in [-0.05, 0) is 55.0 Å². The van der Waals surface area contributed by atoms with Crippen molar-refractivity contribution in [2.75, 3.05) is 36.4 Å². The molecule has 0 radical (unpaired) electrons. The predicted molar refractivity (Wildman–Crippen MR) is 120 cm³/mol. The molecule has 7 heteroatoms. The van der Waals surface area contributed by atoms with Crippen molar-refractivity contribution in [1.29, 1.82) is 0 Å². The van der Waals surface area contributed by atoms with Crippen LogP contribution >= 0.6 is 11.6 Å². The maximum absolute atomic E-state index is 13.8. The van der Waals surface area contributed by atoms with Crippen molar-refractivity contribution in [2.45, 2.75) is 19.4 Å². The summed E-state index contributed by atoms with van der Waals surface area (Å²) >= 11 is 5.92. The number of nitrogens with zero attached hydrogens (tertiary/aromatic N) is 3. The van der Waals surface area contributed by atoms with Crippen LogP contribution in [0.25, 0.3) is 10.9 Å². The number of amides is 1. The number of hydrogen-bond acceptors (Lipinski definition) is 4. The fourth-order valence-corrected chi connectivity index (χ4v) is 4.15. The first kappa shape index (κ1) is 20.6. The van der Waals surface area contributed by atoms with Crippen molar-refractivity contribution in [1.82, 2.24) is 9.88 Å². The van der Waals surface area contributed by atoms with Crippen LogP contribution in [0.5, 0.6) is 0 Å². The fourth-order valence-electron chi connectivity index (χ4n) is 4.02. The molecule has 0 aliphatic carbocycles. The SMILES string of the molecule is CCC(C(=O)Nc1ccc(Cl)cc1)N1CCN(c2ccnc3ccc(F)cc23)CC1. The summed E-state index contributed by atoms with van der Waals surface area (Å²) in [4.78, 5) is 21.6. The number of carbonyl (C=O) groups excluding carboxylic acids is 1. The number of nitrogens with one attached hydrogen (secondary N) is 1. The van der Waals surface area contributed by atoms with Gasteiger partial charge in [-0.25, -0.2) is 4.39 Å². The highest BCUT2D eigenvalue weighted by Gasteiger charge is 2.28. The number of benzene rings is 2. The molecule has 30 heavy (non-hydrogen) atoms. The second-order valence-electron chi connectivity index (χ2n) is 7.43. The second kappa shape index (κ2) is 8.98. The number of rotatable bonds is 5. The van der Waals surface area contributed by atoms with E-state index >= 15 is 0 Å². The minimum absolute atomic E-state index is 0.00953. The monoisotopic (exact) mass is 426 g/mol. The van der Waals surface area contributed by atoms with E-state index in [1.165, 1.54) is 6.07 Å². The summed E-state index contributed by atoms with van der Waals surface area (Å²) in [5, 5.41) is 4.44. The van der Waals surface area contributed by atoms with E-state index in [1.807, 2.05) is 13.0 Å². The minimum atomic E-state index is -0.264. The summed E-state index contributed by atoms with van der Waals surface area (Å²) in [6.45, 7) is 5.07. The Morgan fingerprint density at radius 3 is 2.57 bits per heavy atom. The molecule has 0 bridgehead atoms. The summed E-state index contributed by atoms with van der Waals surface area (Å²) < 4.78 is 13.8. The Hall–Kier alpha value is -2.70. The van der Waals surface area contributed by atoms with Gasteiger partial charge in [0.2, 0.25) is 5.91 Å². The van der Waals surface area contributed by atoms with E-state index < -0.39 is 0 Å². The van der Waals surface area contributed by atoms with Gasteiger partial charge in [0.1, 0.15) is 5.82 Å². The average Bonchev–Trinajstić information content (AvgIpc) is 2.76. The van der Waals surface area contributed by atoms with Crippen molar-refractivity contribution < 1.29 is 9.18 Å². The predicted octanol–water partition coefficient (Wildman–Crippen LogP) is 4.57. The number of carbonyl (C=O) groups is 1. The van der Waals surface area contributed by atoms with Crippen molar-refractivity contribution >= 4 is 39.8 Å². The molecular formula is C23H24ClFN4O. The van der Waals surface area contributed by atoms with Crippen molar-refractivity contribution in [3.8, 4) is 0 Å². The van der Waals surface area contributed by atoms with Gasteiger partial charge in [0, 0.05) is 54.2 Å². The molecule has 1 saturated heterocycles. The highest BCUT2D eigenvalue weighted by Crippen LogP contribution is 2.27. The summed E-state index contributed by atoms with van der Waals surface area (Å²) in [6.07, 6.45) is 2.49. The third-order valence-corrected chi connectivity index (χ3v) is 5.83. The van der Waals surface area contributed by atoms with Crippen LogP contribution in [0.1, 0.15) is 13.3 Å². The molecule has 3 aromatic rings. The Morgan fingerprint density at radius 2 is 1.87 bits per heavy atom. The number of hydrogen-bond donors (Lipinski definition) is 1. The van der Waals surface area contributed by atoms with Gasteiger partial charge in [-0.15, -0.1) is 0 Å². The summed E-state index contributed by atoms with van der Waals surface area (Å²) in [5.74, 6) is -0.273. The van der Waals surface area contributed by atoms with E-state index in [4.69, 9.17) is 11.6 Å². The zero-order valence-electron chi connectivity index (χ0n) is 16.8. The summed E-state index contributed by atoms with van der Waals surface area (Å²) in [7, 11) is 0. The minimum Gasteiger partial charge on any atom is -0.368 e. The van der Waals surface area contributed by atoms with E-state index in [9.17, 15) is 9.18 Å². The molecule has 1 aromatic heterocycles. The first-order valence-electron chi connectivity index (χ1n) is 10.1. The van der Waals surface area contributed by atoms with Crippen molar-refractivity contribution in [3.05, 3.63) is 65.6 Å². The Kier molecular flexibility index (Phi) is 6.16. The first-order valence-corrected chi connectivity index (χ1v) is 10.5. The van der Waals surface area contributed by atoms with Crippen LogP contribution in [0.2, 0.25) is 5.02 Å². The zero-order valence-corrected chi connectivity index (χ0v) is 17.6. The number of anilines is 2. The van der Waals surface area contributed by atoms with Crippen LogP contribution in [0.3, 0.4) is 0 Å². The number of pyridine rings is 1. The van der Waals surface area contributed by atoms with Gasteiger partial charge in [0.15, 0.2) is 0 Å². The molecule has 1 N–H and O–H groups in total. The van der Waals surface area contributed by atoms with Crippen LogP contribution < -0.4 is 10.2 Å². The highest BCUT2D eigenvalue weighted by molar-refractivity contribution is 6.30. The van der Waals surface area contributed by atoms with Gasteiger partial charge in [-0.3, -0.25) is 14.7 Å². The van der Waals surface area contributed by atoms with Crippen LogP contribution in [0.15, 0.2) is 54.7 Å². The standard InChI is InChI=1S/C23H24ClFN4O/c1-2-21(23(30)27-18-6-3-16(24)4-7-18)28-11-13-29(14-12-28)22-9-10-26-20-8-5-17(25)15-19(20)22/h3-10,15,21H,2,11-14H2,1H3,(H,27,30). The Labute approximate surface area is 180 Å². The molecule has 1 aliphatic rings. The van der Waals surface area contributed by atoms with Crippen LogP contribution in [0.4, 0.5) is 15.8 Å². The van der Waals surface area contributed by atoms with E-state index in [0.717, 1.165) is 54.9 Å². The first-order chi connectivity index (χ1) is 14.5. The third kappa shape index (κ3) is 4.40. The highest BCUT2D eigenvalue weighted by atomic mass is 35.5. The number of fused-ring (bicyclic) bond motifs is 1. The quantitative estimate of drug-likeness (QED) is 0.649. The maximum Gasteiger partial charge on any atom is 0.241 e. The molecule has 1 unspecified atom stereocenters. The Balaban J connectivity index is 1.44. The maximum atomic E-state index is 13.8. The molecule has 1 atom stereocenters. The van der Waals surface area contributed by atoms with E-state index in [0.29, 0.717) is 5.02 Å². The largest absolute Gasteiger partial charge is 0.368 e. The van der Waals surface area contributed by atoms with Gasteiger partial charge < -0.3 is 10.2 Å². The number of piperazine rings is 1. The van der Waals surface area contributed by atoms with Gasteiger partial charge in [0.25, 0.3) is 0 Å². The topological polar surface area (TPSA) is 48.5 Å². The van der Waals surface area contributed by atoms with Crippen LogP contribution in [-0.2, 0) is 4.79 Å². The van der Waals surface area contributed by atoms with E-state index in [-0.39, 0.29) is 17.8 Å². The number of aromatic nitrogens is 1. The molecule has 0 spiro atoms.